The van der Waals surface area contributed by atoms with Gasteiger partial charge in [-0.2, -0.15) is 0 Å². The number of amides is 2. The van der Waals surface area contributed by atoms with E-state index < -0.39 is 11.9 Å². The summed E-state index contributed by atoms with van der Waals surface area (Å²) in [7, 11) is 1.29. The highest BCUT2D eigenvalue weighted by Gasteiger charge is 2.48. The molecule has 0 aliphatic heterocycles. The van der Waals surface area contributed by atoms with Gasteiger partial charge in [0.25, 0.3) is 0 Å². The number of carbonyl (C=O) groups excluding carboxylic acids is 3. The Morgan fingerprint density at radius 1 is 0.926 bits per heavy atom. The molecule has 3 rings (SSSR count). The van der Waals surface area contributed by atoms with Crippen LogP contribution < -0.4 is 10.6 Å². The van der Waals surface area contributed by atoms with E-state index in [1.165, 1.54) is 7.11 Å². The molecule has 2 unspecified atom stereocenters. The first-order chi connectivity index (χ1) is 12.9. The summed E-state index contributed by atoms with van der Waals surface area (Å²) in [5, 5.41) is 5.64. The number of nitrogens with one attached hydrogen (secondary N) is 2. The van der Waals surface area contributed by atoms with Crippen LogP contribution in [0.3, 0.4) is 0 Å². The van der Waals surface area contributed by atoms with Gasteiger partial charge in [-0.05, 0) is 49.6 Å². The summed E-state index contributed by atoms with van der Waals surface area (Å²) in [6, 6.07) is 12.5. The van der Waals surface area contributed by atoms with Gasteiger partial charge in [-0.15, -0.1) is 0 Å². The monoisotopic (exact) mass is 366 g/mol. The molecule has 6 heteroatoms. The molecule has 0 heterocycles. The van der Waals surface area contributed by atoms with Crippen molar-refractivity contribution >= 4 is 29.2 Å². The zero-order valence-electron chi connectivity index (χ0n) is 15.5. The highest BCUT2D eigenvalue weighted by molar-refractivity contribution is 6.06. The van der Waals surface area contributed by atoms with E-state index in [-0.39, 0.29) is 23.3 Å². The third kappa shape index (κ3) is 4.16. The van der Waals surface area contributed by atoms with E-state index in [1.54, 1.807) is 24.3 Å². The van der Waals surface area contributed by atoms with Crippen LogP contribution in [0.5, 0.6) is 0 Å². The maximum absolute atomic E-state index is 12.5. The number of ether oxygens (including phenoxy) is 1. The number of anilines is 2. The predicted molar refractivity (Wildman–Crippen MR) is 103 cm³/mol. The molecule has 140 valence electrons. The lowest BCUT2D eigenvalue weighted by atomic mass is 10.1. The number of hydrogen-bond donors (Lipinski definition) is 2. The third-order valence-corrected chi connectivity index (χ3v) is 4.71. The highest BCUT2D eigenvalue weighted by atomic mass is 16.5. The highest BCUT2D eigenvalue weighted by Crippen LogP contribution is 2.40. The molecule has 2 aromatic rings. The average molecular weight is 366 g/mol. The number of para-hydroxylation sites is 1. The van der Waals surface area contributed by atoms with Gasteiger partial charge in [-0.1, -0.05) is 24.3 Å². The van der Waals surface area contributed by atoms with Crippen LogP contribution in [0.2, 0.25) is 0 Å². The third-order valence-electron chi connectivity index (χ3n) is 4.71. The van der Waals surface area contributed by atoms with Gasteiger partial charge in [-0.3, -0.25) is 9.59 Å². The van der Waals surface area contributed by atoms with Crippen molar-refractivity contribution in [1.82, 2.24) is 0 Å². The standard InChI is InChI=1S/C21H22N2O4/c1-12-8-9-13(2)18(10-12)23-20(25)16-11-15(16)19(24)22-17-7-5-4-6-14(17)21(26)27-3/h4-10,15-16H,11H2,1-3H3,(H,22,24)(H,23,25). The molecule has 0 spiro atoms. The van der Waals surface area contributed by atoms with Gasteiger partial charge < -0.3 is 15.4 Å². The van der Waals surface area contributed by atoms with Crippen LogP contribution in [-0.4, -0.2) is 24.9 Å². The van der Waals surface area contributed by atoms with Crippen molar-refractivity contribution in [3.63, 3.8) is 0 Å². The Labute approximate surface area is 157 Å². The Balaban J connectivity index is 1.63. The van der Waals surface area contributed by atoms with Gasteiger partial charge in [-0.25, -0.2) is 4.79 Å². The quantitative estimate of drug-likeness (QED) is 0.795. The first kappa shape index (κ1) is 18.6. The number of hydrogen-bond acceptors (Lipinski definition) is 4. The van der Waals surface area contributed by atoms with Crippen LogP contribution in [0.1, 0.15) is 27.9 Å². The molecular formula is C21H22N2O4. The minimum Gasteiger partial charge on any atom is -0.465 e. The van der Waals surface area contributed by atoms with Crippen LogP contribution in [0.15, 0.2) is 42.5 Å². The van der Waals surface area contributed by atoms with E-state index in [9.17, 15) is 14.4 Å². The number of aryl methyl sites for hydroxylation is 2. The Hall–Kier alpha value is -3.15. The lowest BCUT2D eigenvalue weighted by molar-refractivity contribution is -0.122. The first-order valence-corrected chi connectivity index (χ1v) is 8.77. The van der Waals surface area contributed by atoms with Gasteiger partial charge in [0.2, 0.25) is 11.8 Å². The van der Waals surface area contributed by atoms with Crippen molar-refractivity contribution in [3.05, 3.63) is 59.2 Å². The Morgan fingerprint density at radius 2 is 1.56 bits per heavy atom. The van der Waals surface area contributed by atoms with E-state index in [2.05, 4.69) is 10.6 Å². The molecule has 2 N–H and O–H groups in total. The fourth-order valence-corrected chi connectivity index (χ4v) is 2.98. The molecule has 2 aromatic carbocycles. The lowest BCUT2D eigenvalue weighted by Gasteiger charge is -2.10. The van der Waals surface area contributed by atoms with Gasteiger partial charge in [0, 0.05) is 5.69 Å². The van der Waals surface area contributed by atoms with Crippen molar-refractivity contribution in [3.8, 4) is 0 Å². The van der Waals surface area contributed by atoms with Gasteiger partial charge >= 0.3 is 5.97 Å². The van der Waals surface area contributed by atoms with Crippen molar-refractivity contribution < 1.29 is 19.1 Å². The minimum absolute atomic E-state index is 0.162. The summed E-state index contributed by atoms with van der Waals surface area (Å²) in [6.07, 6.45) is 0.489. The number of esters is 1. The molecule has 0 aromatic heterocycles. The van der Waals surface area contributed by atoms with E-state index in [0.29, 0.717) is 12.1 Å². The van der Waals surface area contributed by atoms with Crippen LogP contribution in [0.4, 0.5) is 11.4 Å². The predicted octanol–water partition coefficient (Wildman–Crippen LogP) is 3.30. The zero-order valence-corrected chi connectivity index (χ0v) is 15.5. The van der Waals surface area contributed by atoms with Gasteiger partial charge in [0.15, 0.2) is 0 Å². The fraction of sp³-hybridized carbons (Fsp3) is 0.286. The summed E-state index contributed by atoms with van der Waals surface area (Å²) in [4.78, 5) is 36.7. The number of methoxy groups -OCH3 is 1. The summed E-state index contributed by atoms with van der Waals surface area (Å²) >= 11 is 0. The van der Waals surface area contributed by atoms with Crippen LogP contribution in [0.25, 0.3) is 0 Å². The molecular weight excluding hydrogens is 344 g/mol. The Kier molecular flexibility index (Phi) is 5.26. The molecule has 0 radical (unpaired) electrons. The minimum atomic E-state index is -0.522. The maximum atomic E-state index is 12.5. The molecule has 2 amide bonds. The van der Waals surface area contributed by atoms with Crippen molar-refractivity contribution in [2.24, 2.45) is 11.8 Å². The van der Waals surface area contributed by atoms with Crippen LogP contribution >= 0.6 is 0 Å². The van der Waals surface area contributed by atoms with Crippen LogP contribution in [-0.2, 0) is 14.3 Å². The smallest absolute Gasteiger partial charge is 0.339 e. The lowest BCUT2D eigenvalue weighted by Crippen LogP contribution is -2.22. The normalized spacial score (nSPS) is 17.7. The van der Waals surface area contributed by atoms with Crippen molar-refractivity contribution in [1.29, 1.82) is 0 Å². The van der Waals surface area contributed by atoms with E-state index in [4.69, 9.17) is 4.74 Å². The van der Waals surface area contributed by atoms with E-state index >= 15 is 0 Å². The largest absolute Gasteiger partial charge is 0.465 e. The molecule has 1 aliphatic carbocycles. The van der Waals surface area contributed by atoms with Crippen LogP contribution in [0, 0.1) is 25.7 Å². The summed E-state index contributed by atoms with van der Waals surface area (Å²) < 4.78 is 4.73. The maximum Gasteiger partial charge on any atom is 0.339 e. The zero-order chi connectivity index (χ0) is 19.6. The van der Waals surface area contributed by atoms with E-state index in [0.717, 1.165) is 16.8 Å². The number of rotatable bonds is 5. The molecule has 6 nitrogen and oxygen atoms in total. The Bertz CT molecular complexity index is 907. The summed E-state index contributed by atoms with van der Waals surface area (Å²) in [6.45, 7) is 3.89. The second kappa shape index (κ2) is 7.61. The number of benzene rings is 2. The van der Waals surface area contributed by atoms with Gasteiger partial charge in [0.1, 0.15) is 0 Å². The van der Waals surface area contributed by atoms with E-state index in [1.807, 2.05) is 32.0 Å². The summed E-state index contributed by atoms with van der Waals surface area (Å²) in [5.41, 5.74) is 3.46. The molecule has 0 saturated heterocycles. The second-order valence-electron chi connectivity index (χ2n) is 6.78. The first-order valence-electron chi connectivity index (χ1n) is 8.77. The fourth-order valence-electron chi connectivity index (χ4n) is 2.98. The molecule has 1 saturated carbocycles. The Morgan fingerprint density at radius 3 is 2.22 bits per heavy atom. The van der Waals surface area contributed by atoms with Crippen molar-refractivity contribution in [2.75, 3.05) is 17.7 Å². The molecule has 1 aliphatic rings. The SMILES string of the molecule is COC(=O)c1ccccc1NC(=O)C1CC1C(=O)Nc1cc(C)ccc1C. The molecule has 27 heavy (non-hydrogen) atoms. The van der Waals surface area contributed by atoms with Gasteiger partial charge in [0.05, 0.1) is 30.2 Å². The average Bonchev–Trinajstić information content (AvgIpc) is 3.45. The molecule has 0 bridgehead atoms. The topological polar surface area (TPSA) is 84.5 Å². The summed E-state index contributed by atoms with van der Waals surface area (Å²) in [5.74, 6) is -1.72. The number of carbonyl (C=O) groups is 3. The molecule has 1 fully saturated rings. The molecule has 2 atom stereocenters. The second-order valence-corrected chi connectivity index (χ2v) is 6.78. The van der Waals surface area contributed by atoms with Crippen molar-refractivity contribution in [2.45, 2.75) is 20.3 Å².